The highest BCUT2D eigenvalue weighted by atomic mass is 16.5. The summed E-state index contributed by atoms with van der Waals surface area (Å²) in [5.41, 5.74) is 0. The van der Waals surface area contributed by atoms with Crippen molar-refractivity contribution in [3.05, 3.63) is 0 Å². The molecule has 2 heterocycles. The molecule has 0 aromatic rings. The number of aldehydes is 2. The van der Waals surface area contributed by atoms with Gasteiger partial charge in [-0.25, -0.2) is 0 Å². The Morgan fingerprint density at radius 2 is 1.45 bits per heavy atom. The van der Waals surface area contributed by atoms with Gasteiger partial charge in [0, 0.05) is 0 Å². The number of rotatable bonds is 2. The minimum absolute atomic E-state index is 0.0349. The van der Waals surface area contributed by atoms with Crippen LogP contribution in [0.1, 0.15) is 12.8 Å². The van der Waals surface area contributed by atoms with Crippen LogP contribution in [0.15, 0.2) is 0 Å². The predicted molar refractivity (Wildman–Crippen MR) is 37.0 cm³/mol. The molecule has 60 valence electrons. The van der Waals surface area contributed by atoms with Crippen LogP contribution in [0.5, 0.6) is 0 Å². The molecule has 4 atom stereocenters. The van der Waals surface area contributed by atoms with Gasteiger partial charge in [-0.1, -0.05) is 0 Å². The van der Waals surface area contributed by atoms with E-state index in [1.54, 1.807) is 0 Å². The Hall–Kier alpha value is -0.700. The summed E-state index contributed by atoms with van der Waals surface area (Å²) in [6, 6.07) is 0. The molecule has 0 radical (unpaired) electrons. The van der Waals surface area contributed by atoms with Crippen LogP contribution in [0.4, 0.5) is 0 Å². The fourth-order valence-corrected chi connectivity index (χ4v) is 2.11. The van der Waals surface area contributed by atoms with Crippen molar-refractivity contribution < 1.29 is 14.3 Å². The summed E-state index contributed by atoms with van der Waals surface area (Å²) >= 11 is 0. The van der Waals surface area contributed by atoms with E-state index in [-0.39, 0.29) is 24.0 Å². The largest absolute Gasteiger partial charge is 0.373 e. The summed E-state index contributed by atoms with van der Waals surface area (Å²) in [6.45, 7) is 0. The molecule has 0 spiro atoms. The molecule has 2 rings (SSSR count). The monoisotopic (exact) mass is 154 g/mol. The number of hydrogen-bond acceptors (Lipinski definition) is 3. The first-order chi connectivity index (χ1) is 5.36. The van der Waals surface area contributed by atoms with Crippen molar-refractivity contribution in [2.45, 2.75) is 25.0 Å². The van der Waals surface area contributed by atoms with Crippen molar-refractivity contribution in [3.63, 3.8) is 0 Å². The Balaban J connectivity index is 2.19. The van der Waals surface area contributed by atoms with Crippen molar-refractivity contribution in [2.24, 2.45) is 11.8 Å². The Morgan fingerprint density at radius 1 is 1.00 bits per heavy atom. The molecule has 2 aliphatic heterocycles. The van der Waals surface area contributed by atoms with Gasteiger partial charge in [0.2, 0.25) is 0 Å². The van der Waals surface area contributed by atoms with Crippen LogP contribution < -0.4 is 0 Å². The third-order valence-electron chi connectivity index (χ3n) is 2.70. The topological polar surface area (TPSA) is 43.4 Å². The zero-order chi connectivity index (χ0) is 7.84. The summed E-state index contributed by atoms with van der Waals surface area (Å²) in [5, 5.41) is 0. The van der Waals surface area contributed by atoms with E-state index in [4.69, 9.17) is 4.74 Å². The van der Waals surface area contributed by atoms with Crippen molar-refractivity contribution >= 4 is 12.6 Å². The maximum absolute atomic E-state index is 10.5. The van der Waals surface area contributed by atoms with Gasteiger partial charge in [-0.2, -0.15) is 0 Å². The maximum Gasteiger partial charge on any atom is 0.126 e. The predicted octanol–water partition coefficient (Wildman–Crippen LogP) is 0.178. The first-order valence-corrected chi connectivity index (χ1v) is 3.93. The van der Waals surface area contributed by atoms with Crippen LogP contribution >= 0.6 is 0 Å². The SMILES string of the molecule is O=C[C@@H]1[C@H](C=O)[C@H]2CC[C@@H]1O2. The average Bonchev–Trinajstić information content (AvgIpc) is 2.60. The first kappa shape index (κ1) is 6.98. The molecule has 0 saturated carbocycles. The molecule has 0 aliphatic carbocycles. The van der Waals surface area contributed by atoms with Gasteiger partial charge in [0.1, 0.15) is 12.6 Å². The molecule has 2 bridgehead atoms. The highest BCUT2D eigenvalue weighted by molar-refractivity contribution is 5.67. The number of hydrogen-bond donors (Lipinski definition) is 0. The van der Waals surface area contributed by atoms with Gasteiger partial charge in [0.05, 0.1) is 24.0 Å². The number of carbonyl (C=O) groups is 2. The van der Waals surface area contributed by atoms with Crippen LogP contribution in [0.25, 0.3) is 0 Å². The summed E-state index contributed by atoms with van der Waals surface area (Å²) in [4.78, 5) is 21.1. The van der Waals surface area contributed by atoms with Gasteiger partial charge >= 0.3 is 0 Å². The van der Waals surface area contributed by atoms with Crippen molar-refractivity contribution in [1.82, 2.24) is 0 Å². The number of ether oxygens (including phenoxy) is 1. The lowest BCUT2D eigenvalue weighted by Gasteiger charge is -2.17. The molecule has 0 N–H and O–H groups in total. The third kappa shape index (κ3) is 0.839. The van der Waals surface area contributed by atoms with Crippen molar-refractivity contribution in [3.8, 4) is 0 Å². The normalized spacial score (nSPS) is 47.6. The molecule has 3 nitrogen and oxygen atoms in total. The Kier molecular flexibility index (Phi) is 1.53. The minimum Gasteiger partial charge on any atom is -0.373 e. The second kappa shape index (κ2) is 2.41. The van der Waals surface area contributed by atoms with Gasteiger partial charge in [-0.3, -0.25) is 0 Å². The zero-order valence-electron chi connectivity index (χ0n) is 6.10. The lowest BCUT2D eigenvalue weighted by Crippen LogP contribution is -2.29. The zero-order valence-corrected chi connectivity index (χ0v) is 6.10. The Bertz CT molecular complexity index is 170. The lowest BCUT2D eigenvalue weighted by atomic mass is 9.81. The molecular formula is C8H10O3. The number of fused-ring (bicyclic) bond motifs is 2. The molecule has 0 aromatic heterocycles. The second-order valence-corrected chi connectivity index (χ2v) is 3.22. The van der Waals surface area contributed by atoms with E-state index in [9.17, 15) is 9.59 Å². The lowest BCUT2D eigenvalue weighted by molar-refractivity contribution is -0.119. The second-order valence-electron chi connectivity index (χ2n) is 3.22. The van der Waals surface area contributed by atoms with E-state index < -0.39 is 0 Å². The third-order valence-corrected chi connectivity index (χ3v) is 2.70. The Morgan fingerprint density at radius 3 is 1.82 bits per heavy atom. The van der Waals surface area contributed by atoms with Gasteiger partial charge in [0.15, 0.2) is 0 Å². The van der Waals surface area contributed by atoms with E-state index >= 15 is 0 Å². The van der Waals surface area contributed by atoms with Gasteiger partial charge in [-0.15, -0.1) is 0 Å². The molecule has 11 heavy (non-hydrogen) atoms. The summed E-state index contributed by atoms with van der Waals surface area (Å²) in [5.74, 6) is -0.322. The van der Waals surface area contributed by atoms with Gasteiger partial charge in [0.25, 0.3) is 0 Å². The standard InChI is InChI=1S/C8H10O3/c9-3-5-6(4-10)8-2-1-7(5)11-8/h3-8H,1-2H2/t5-,6+,7+,8-. The van der Waals surface area contributed by atoms with Crippen LogP contribution in [0.3, 0.4) is 0 Å². The summed E-state index contributed by atoms with van der Waals surface area (Å²) < 4.78 is 5.42. The summed E-state index contributed by atoms with van der Waals surface area (Å²) in [6.07, 6.45) is 3.68. The van der Waals surface area contributed by atoms with E-state index in [2.05, 4.69) is 0 Å². The highest BCUT2D eigenvalue weighted by Gasteiger charge is 2.48. The minimum atomic E-state index is -0.161. The van der Waals surface area contributed by atoms with Crippen LogP contribution in [0, 0.1) is 11.8 Å². The molecule has 0 aromatic carbocycles. The number of carbonyl (C=O) groups excluding carboxylic acids is 2. The highest BCUT2D eigenvalue weighted by Crippen LogP contribution is 2.41. The van der Waals surface area contributed by atoms with Crippen LogP contribution in [0.2, 0.25) is 0 Å². The fourth-order valence-electron chi connectivity index (χ4n) is 2.11. The molecule has 2 saturated heterocycles. The Labute approximate surface area is 64.7 Å². The molecule has 0 amide bonds. The van der Waals surface area contributed by atoms with Crippen LogP contribution in [-0.2, 0) is 14.3 Å². The van der Waals surface area contributed by atoms with E-state index in [1.807, 2.05) is 0 Å². The quantitative estimate of drug-likeness (QED) is 0.533. The smallest absolute Gasteiger partial charge is 0.126 e. The fraction of sp³-hybridized carbons (Fsp3) is 0.750. The van der Waals surface area contributed by atoms with Crippen molar-refractivity contribution in [2.75, 3.05) is 0 Å². The van der Waals surface area contributed by atoms with E-state index in [0.29, 0.717) is 0 Å². The maximum atomic E-state index is 10.5. The van der Waals surface area contributed by atoms with Gasteiger partial charge in [-0.05, 0) is 12.8 Å². The van der Waals surface area contributed by atoms with E-state index in [0.717, 1.165) is 25.4 Å². The average molecular weight is 154 g/mol. The van der Waals surface area contributed by atoms with Gasteiger partial charge < -0.3 is 14.3 Å². The van der Waals surface area contributed by atoms with E-state index in [1.165, 1.54) is 0 Å². The molecule has 3 heteroatoms. The first-order valence-electron chi connectivity index (χ1n) is 3.93. The molecular weight excluding hydrogens is 144 g/mol. The van der Waals surface area contributed by atoms with Crippen molar-refractivity contribution in [1.29, 1.82) is 0 Å². The molecule has 2 fully saturated rings. The summed E-state index contributed by atoms with van der Waals surface area (Å²) in [7, 11) is 0. The molecule has 0 unspecified atom stereocenters. The molecule has 2 aliphatic rings. The van der Waals surface area contributed by atoms with Crippen LogP contribution in [-0.4, -0.2) is 24.8 Å².